The van der Waals surface area contributed by atoms with E-state index in [1.165, 1.54) is 0 Å². The first-order valence-electron chi connectivity index (χ1n) is 3.93. The number of aliphatic hydroxyl groups excluding tert-OH is 3. The molecule has 1 aliphatic rings. The Hall–Kier alpha value is -0.160. The Morgan fingerprint density at radius 3 is 2.73 bits per heavy atom. The molecule has 1 rings (SSSR count). The number of rotatable bonds is 1. The van der Waals surface area contributed by atoms with E-state index in [9.17, 15) is 10.2 Å². The van der Waals surface area contributed by atoms with E-state index in [1.807, 2.05) is 0 Å². The predicted octanol–water partition coefficient (Wildman–Crippen LogP) is -1.69. The molecule has 11 heavy (non-hydrogen) atoms. The normalized spacial score (nSPS) is 40.1. The van der Waals surface area contributed by atoms with Gasteiger partial charge < -0.3 is 20.6 Å². The first-order valence-corrected chi connectivity index (χ1v) is 3.93. The molecule has 3 unspecified atom stereocenters. The lowest BCUT2D eigenvalue weighted by molar-refractivity contribution is -0.0234. The highest BCUT2D eigenvalue weighted by Crippen LogP contribution is 2.13. The summed E-state index contributed by atoms with van der Waals surface area (Å²) in [7, 11) is 0. The Morgan fingerprint density at radius 2 is 2.09 bits per heavy atom. The summed E-state index contributed by atoms with van der Waals surface area (Å²) >= 11 is 0. The fourth-order valence-corrected chi connectivity index (χ4v) is 1.34. The van der Waals surface area contributed by atoms with Crippen molar-refractivity contribution >= 4 is 0 Å². The van der Waals surface area contributed by atoms with E-state index >= 15 is 0 Å². The molecule has 4 nitrogen and oxygen atoms in total. The van der Waals surface area contributed by atoms with Crippen molar-refractivity contribution in [3.05, 3.63) is 0 Å². The molecule has 4 heteroatoms. The van der Waals surface area contributed by atoms with Crippen LogP contribution >= 0.6 is 0 Å². The number of β-amino-alcohol motifs (C(OH)–C–C–N with tert-alkyl or cyclic N) is 1. The molecule has 1 aliphatic heterocycles. The van der Waals surface area contributed by atoms with Gasteiger partial charge in [0.2, 0.25) is 0 Å². The second kappa shape index (κ2) is 4.01. The molecule has 0 aromatic rings. The van der Waals surface area contributed by atoms with Crippen LogP contribution in [0.4, 0.5) is 0 Å². The number of nitrogens with one attached hydrogen (secondary N) is 1. The van der Waals surface area contributed by atoms with Crippen molar-refractivity contribution in [2.75, 3.05) is 19.7 Å². The zero-order chi connectivity index (χ0) is 8.27. The molecule has 0 radical (unpaired) electrons. The average molecular weight is 161 g/mol. The van der Waals surface area contributed by atoms with E-state index in [2.05, 4.69) is 5.32 Å². The number of aliphatic hydroxyl groups is 3. The third kappa shape index (κ3) is 2.13. The summed E-state index contributed by atoms with van der Waals surface area (Å²) < 4.78 is 0. The summed E-state index contributed by atoms with van der Waals surface area (Å²) in [5.74, 6) is -0.181. The molecular formula is C7H15NO3. The standard InChI is InChI=1S/C7H15NO3/c9-4-5-1-2-8-3-6(10)7(5)11/h5-11H,1-4H2. The molecule has 0 aliphatic carbocycles. The van der Waals surface area contributed by atoms with Crippen LogP contribution in [-0.4, -0.2) is 47.2 Å². The van der Waals surface area contributed by atoms with Crippen molar-refractivity contribution in [3.8, 4) is 0 Å². The lowest BCUT2D eigenvalue weighted by atomic mass is 9.97. The van der Waals surface area contributed by atoms with Crippen molar-refractivity contribution in [3.63, 3.8) is 0 Å². The highest BCUT2D eigenvalue weighted by molar-refractivity contribution is 4.80. The van der Waals surface area contributed by atoms with Crippen molar-refractivity contribution in [2.45, 2.75) is 18.6 Å². The van der Waals surface area contributed by atoms with Gasteiger partial charge in [-0.25, -0.2) is 0 Å². The molecule has 0 saturated carbocycles. The first-order chi connectivity index (χ1) is 5.25. The Labute approximate surface area is 65.9 Å². The van der Waals surface area contributed by atoms with Gasteiger partial charge in [-0.3, -0.25) is 0 Å². The van der Waals surface area contributed by atoms with Gasteiger partial charge in [-0.2, -0.15) is 0 Å². The minimum absolute atomic E-state index is 0.0556. The van der Waals surface area contributed by atoms with Gasteiger partial charge in [0.15, 0.2) is 0 Å². The van der Waals surface area contributed by atoms with E-state index in [1.54, 1.807) is 0 Å². The third-order valence-electron chi connectivity index (χ3n) is 2.16. The van der Waals surface area contributed by atoms with Crippen LogP contribution in [-0.2, 0) is 0 Å². The van der Waals surface area contributed by atoms with E-state index in [-0.39, 0.29) is 12.5 Å². The smallest absolute Gasteiger partial charge is 0.0926 e. The highest BCUT2D eigenvalue weighted by Gasteiger charge is 2.27. The van der Waals surface area contributed by atoms with Crippen molar-refractivity contribution in [2.24, 2.45) is 5.92 Å². The largest absolute Gasteiger partial charge is 0.396 e. The Balaban J connectivity index is 2.49. The van der Waals surface area contributed by atoms with Crippen LogP contribution in [0.3, 0.4) is 0 Å². The quantitative estimate of drug-likeness (QED) is 0.370. The highest BCUT2D eigenvalue weighted by atomic mass is 16.3. The van der Waals surface area contributed by atoms with Crippen molar-refractivity contribution < 1.29 is 15.3 Å². The SMILES string of the molecule is OCC1CCNCC(O)C1O. The van der Waals surface area contributed by atoms with Gasteiger partial charge in [0.25, 0.3) is 0 Å². The average Bonchev–Trinajstić information content (AvgIpc) is 2.16. The number of hydrogen-bond acceptors (Lipinski definition) is 4. The predicted molar refractivity (Wildman–Crippen MR) is 40.1 cm³/mol. The van der Waals surface area contributed by atoms with Gasteiger partial charge in [-0.05, 0) is 13.0 Å². The maximum absolute atomic E-state index is 9.37. The molecule has 1 saturated heterocycles. The van der Waals surface area contributed by atoms with Crippen LogP contribution in [0.5, 0.6) is 0 Å². The van der Waals surface area contributed by atoms with Crippen molar-refractivity contribution in [1.29, 1.82) is 0 Å². The topological polar surface area (TPSA) is 72.7 Å². The molecular weight excluding hydrogens is 146 g/mol. The molecule has 0 amide bonds. The Bertz CT molecular complexity index is 120. The zero-order valence-corrected chi connectivity index (χ0v) is 6.40. The Kier molecular flexibility index (Phi) is 3.26. The maximum atomic E-state index is 9.37. The van der Waals surface area contributed by atoms with Gasteiger partial charge in [-0.1, -0.05) is 0 Å². The summed E-state index contributed by atoms with van der Waals surface area (Å²) in [5, 5.41) is 30.4. The van der Waals surface area contributed by atoms with Gasteiger partial charge >= 0.3 is 0 Å². The molecule has 1 heterocycles. The van der Waals surface area contributed by atoms with Crippen LogP contribution in [0, 0.1) is 5.92 Å². The summed E-state index contributed by atoms with van der Waals surface area (Å²) in [5.41, 5.74) is 0. The van der Waals surface area contributed by atoms with Gasteiger partial charge in [0.05, 0.1) is 12.2 Å². The molecule has 1 fully saturated rings. The van der Waals surface area contributed by atoms with Gasteiger partial charge in [0.1, 0.15) is 0 Å². The van der Waals surface area contributed by atoms with E-state index in [4.69, 9.17) is 5.11 Å². The summed E-state index contributed by atoms with van der Waals surface area (Å²) in [6.07, 6.45) is -0.806. The monoisotopic (exact) mass is 161 g/mol. The van der Waals surface area contributed by atoms with Gasteiger partial charge in [0, 0.05) is 19.1 Å². The van der Waals surface area contributed by atoms with Crippen LogP contribution in [0.1, 0.15) is 6.42 Å². The van der Waals surface area contributed by atoms with Gasteiger partial charge in [-0.15, -0.1) is 0 Å². The minimum atomic E-state index is -0.782. The fraction of sp³-hybridized carbons (Fsp3) is 1.00. The Morgan fingerprint density at radius 1 is 1.36 bits per heavy atom. The molecule has 3 atom stereocenters. The summed E-state index contributed by atoms with van der Waals surface area (Å²) in [6, 6.07) is 0. The molecule has 66 valence electrons. The van der Waals surface area contributed by atoms with Crippen LogP contribution in [0.25, 0.3) is 0 Å². The lowest BCUT2D eigenvalue weighted by Gasteiger charge is -2.20. The molecule has 0 aromatic heterocycles. The molecule has 0 spiro atoms. The number of hydrogen-bond donors (Lipinski definition) is 4. The molecule has 4 N–H and O–H groups in total. The summed E-state index contributed by atoms with van der Waals surface area (Å²) in [4.78, 5) is 0. The second-order valence-corrected chi connectivity index (χ2v) is 2.99. The molecule has 0 bridgehead atoms. The summed E-state index contributed by atoms with van der Waals surface area (Å²) in [6.45, 7) is 1.11. The van der Waals surface area contributed by atoms with Crippen molar-refractivity contribution in [1.82, 2.24) is 5.32 Å². The first kappa shape index (κ1) is 8.93. The third-order valence-corrected chi connectivity index (χ3v) is 2.16. The molecule has 0 aromatic carbocycles. The second-order valence-electron chi connectivity index (χ2n) is 2.99. The van der Waals surface area contributed by atoms with E-state index in [0.717, 1.165) is 6.54 Å². The van der Waals surface area contributed by atoms with E-state index in [0.29, 0.717) is 13.0 Å². The lowest BCUT2D eigenvalue weighted by Crippen LogP contribution is -2.37. The van der Waals surface area contributed by atoms with Crippen LogP contribution < -0.4 is 5.32 Å². The maximum Gasteiger partial charge on any atom is 0.0926 e. The van der Waals surface area contributed by atoms with Crippen LogP contribution in [0.15, 0.2) is 0 Å². The van der Waals surface area contributed by atoms with Crippen LogP contribution in [0.2, 0.25) is 0 Å². The fourth-order valence-electron chi connectivity index (χ4n) is 1.34. The van der Waals surface area contributed by atoms with E-state index < -0.39 is 12.2 Å². The zero-order valence-electron chi connectivity index (χ0n) is 6.40. The minimum Gasteiger partial charge on any atom is -0.396 e.